The van der Waals surface area contributed by atoms with Crippen molar-refractivity contribution in [2.75, 3.05) is 19.5 Å². The highest BCUT2D eigenvalue weighted by atomic mass is 32.1. The Morgan fingerprint density at radius 2 is 1.86 bits per heavy atom. The minimum absolute atomic E-state index is 0.235. The summed E-state index contributed by atoms with van der Waals surface area (Å²) >= 11 is 1.38. The fraction of sp³-hybridized carbons (Fsp3) is 0.364. The van der Waals surface area contributed by atoms with Gasteiger partial charge in [0.25, 0.3) is 0 Å². The molecule has 0 saturated heterocycles. The molecule has 2 rings (SSSR count). The molecule has 0 atom stereocenters. The minimum Gasteiger partial charge on any atom is -0.493 e. The Morgan fingerprint density at radius 1 is 1.17 bits per heavy atom. The molecule has 0 spiro atoms. The van der Waals surface area contributed by atoms with Gasteiger partial charge in [-0.3, -0.25) is 4.79 Å². The van der Waals surface area contributed by atoms with E-state index in [2.05, 4.69) is 5.32 Å². The summed E-state index contributed by atoms with van der Waals surface area (Å²) in [6.45, 7) is 7.51. The van der Waals surface area contributed by atoms with E-state index in [-0.39, 0.29) is 12.0 Å². The first kappa shape index (κ1) is 22.5. The Morgan fingerprint density at radius 3 is 2.45 bits per heavy atom. The minimum atomic E-state index is -0.416. The number of benzene rings is 1. The van der Waals surface area contributed by atoms with Crippen LogP contribution in [0.15, 0.2) is 24.3 Å². The number of thiophene rings is 1. The van der Waals surface area contributed by atoms with Gasteiger partial charge in [-0.1, -0.05) is 13.0 Å². The van der Waals surface area contributed by atoms with Crippen LogP contribution in [0.25, 0.3) is 6.08 Å². The molecule has 0 radical (unpaired) electrons. The zero-order valence-corrected chi connectivity index (χ0v) is 18.4. The van der Waals surface area contributed by atoms with E-state index >= 15 is 0 Å². The van der Waals surface area contributed by atoms with Gasteiger partial charge >= 0.3 is 5.97 Å². The Labute approximate surface area is 175 Å². The van der Waals surface area contributed by atoms with Gasteiger partial charge in [0.15, 0.2) is 11.5 Å². The van der Waals surface area contributed by atoms with E-state index in [0.717, 1.165) is 16.0 Å². The van der Waals surface area contributed by atoms with E-state index in [1.54, 1.807) is 46.3 Å². The van der Waals surface area contributed by atoms with E-state index in [1.807, 2.05) is 19.9 Å². The van der Waals surface area contributed by atoms with Gasteiger partial charge in [0, 0.05) is 11.0 Å². The van der Waals surface area contributed by atoms with Gasteiger partial charge in [0.1, 0.15) is 5.00 Å². The van der Waals surface area contributed by atoms with Crippen LogP contribution >= 0.6 is 11.3 Å². The topological polar surface area (TPSA) is 73.9 Å². The number of aryl methyl sites for hydroxylation is 1. The van der Waals surface area contributed by atoms with Crippen molar-refractivity contribution in [2.24, 2.45) is 0 Å². The predicted octanol–water partition coefficient (Wildman–Crippen LogP) is 4.85. The summed E-state index contributed by atoms with van der Waals surface area (Å²) in [5.41, 5.74) is 2.13. The van der Waals surface area contributed by atoms with Gasteiger partial charge in [-0.25, -0.2) is 4.79 Å². The van der Waals surface area contributed by atoms with E-state index in [1.165, 1.54) is 17.4 Å². The van der Waals surface area contributed by atoms with Crippen LogP contribution in [0.5, 0.6) is 11.5 Å². The number of rotatable bonds is 8. The van der Waals surface area contributed by atoms with Gasteiger partial charge in [-0.15, -0.1) is 11.3 Å². The quantitative estimate of drug-likeness (QED) is 0.491. The molecule has 0 aliphatic rings. The smallest absolute Gasteiger partial charge is 0.341 e. The molecule has 29 heavy (non-hydrogen) atoms. The first-order valence-electron chi connectivity index (χ1n) is 9.35. The molecule has 7 heteroatoms. The van der Waals surface area contributed by atoms with Crippen molar-refractivity contribution in [3.05, 3.63) is 45.8 Å². The molecule has 0 fully saturated rings. The largest absolute Gasteiger partial charge is 0.493 e. The Balaban J connectivity index is 2.22. The summed E-state index contributed by atoms with van der Waals surface area (Å²) in [4.78, 5) is 26.0. The number of carbonyl (C=O) groups is 2. The molecular weight excluding hydrogens is 390 g/mol. The van der Waals surface area contributed by atoms with E-state index in [0.29, 0.717) is 28.5 Å². The van der Waals surface area contributed by atoms with Crippen LogP contribution in [-0.4, -0.2) is 32.2 Å². The second-order valence-electron chi connectivity index (χ2n) is 6.59. The van der Waals surface area contributed by atoms with Crippen molar-refractivity contribution in [2.45, 2.75) is 40.2 Å². The lowest BCUT2D eigenvalue weighted by Gasteiger charge is -2.10. The third kappa shape index (κ3) is 5.60. The predicted molar refractivity (Wildman–Crippen MR) is 116 cm³/mol. The van der Waals surface area contributed by atoms with Crippen LogP contribution in [0.4, 0.5) is 5.00 Å². The number of ether oxygens (including phenoxy) is 3. The Kier molecular flexibility index (Phi) is 7.84. The molecule has 1 N–H and O–H groups in total. The fourth-order valence-electron chi connectivity index (χ4n) is 2.86. The SMILES string of the molecule is CCc1c(C)sc(NC(=O)C=Cc2ccc(OC)c(OC)c2)c1C(=O)OC(C)C. The van der Waals surface area contributed by atoms with Crippen LogP contribution in [-0.2, 0) is 16.0 Å². The summed E-state index contributed by atoms with van der Waals surface area (Å²) in [5, 5.41) is 3.32. The highest BCUT2D eigenvalue weighted by Crippen LogP contribution is 2.34. The van der Waals surface area contributed by atoms with Crippen molar-refractivity contribution in [3.8, 4) is 11.5 Å². The van der Waals surface area contributed by atoms with Crippen molar-refractivity contribution in [3.63, 3.8) is 0 Å². The first-order valence-corrected chi connectivity index (χ1v) is 10.2. The Bertz CT molecular complexity index is 914. The molecule has 6 nitrogen and oxygen atoms in total. The van der Waals surface area contributed by atoms with Crippen LogP contribution in [0.1, 0.15) is 47.1 Å². The maximum Gasteiger partial charge on any atom is 0.341 e. The number of anilines is 1. The highest BCUT2D eigenvalue weighted by molar-refractivity contribution is 7.16. The second kappa shape index (κ2) is 10.1. The molecule has 1 aromatic carbocycles. The lowest BCUT2D eigenvalue weighted by Crippen LogP contribution is -2.16. The van der Waals surface area contributed by atoms with Crippen molar-refractivity contribution < 1.29 is 23.8 Å². The average Bonchev–Trinajstić information content (AvgIpc) is 3.00. The van der Waals surface area contributed by atoms with E-state index in [9.17, 15) is 9.59 Å². The maximum absolute atomic E-state index is 12.6. The average molecular weight is 418 g/mol. The zero-order chi connectivity index (χ0) is 21.6. The molecule has 0 aliphatic heterocycles. The van der Waals surface area contributed by atoms with E-state index in [4.69, 9.17) is 14.2 Å². The molecule has 156 valence electrons. The summed E-state index contributed by atoms with van der Waals surface area (Å²) in [6, 6.07) is 5.37. The fourth-order valence-corrected chi connectivity index (χ4v) is 4.00. The van der Waals surface area contributed by atoms with Crippen LogP contribution in [0.2, 0.25) is 0 Å². The number of methoxy groups -OCH3 is 2. The lowest BCUT2D eigenvalue weighted by molar-refractivity contribution is -0.111. The number of nitrogens with one attached hydrogen (secondary N) is 1. The summed E-state index contributed by atoms with van der Waals surface area (Å²) in [5.74, 6) is 0.446. The van der Waals surface area contributed by atoms with Crippen LogP contribution in [0.3, 0.4) is 0 Å². The number of esters is 1. The van der Waals surface area contributed by atoms with Gasteiger partial charge < -0.3 is 19.5 Å². The number of hydrogen-bond acceptors (Lipinski definition) is 6. The van der Waals surface area contributed by atoms with Crippen molar-refractivity contribution in [1.82, 2.24) is 0 Å². The van der Waals surface area contributed by atoms with Gasteiger partial charge in [0.2, 0.25) is 5.91 Å². The number of amides is 1. The normalized spacial score (nSPS) is 11.0. The molecule has 0 bridgehead atoms. The van der Waals surface area contributed by atoms with Crippen molar-refractivity contribution >= 4 is 34.3 Å². The van der Waals surface area contributed by atoms with Crippen LogP contribution < -0.4 is 14.8 Å². The Hall–Kier alpha value is -2.80. The summed E-state index contributed by atoms with van der Waals surface area (Å²) in [7, 11) is 3.12. The number of hydrogen-bond donors (Lipinski definition) is 1. The third-order valence-corrected chi connectivity index (χ3v) is 5.24. The lowest BCUT2D eigenvalue weighted by atomic mass is 10.1. The third-order valence-electron chi connectivity index (χ3n) is 4.18. The zero-order valence-electron chi connectivity index (χ0n) is 17.6. The van der Waals surface area contributed by atoms with Crippen LogP contribution in [0, 0.1) is 6.92 Å². The van der Waals surface area contributed by atoms with Gasteiger partial charge in [-0.05, 0) is 56.5 Å². The molecule has 0 unspecified atom stereocenters. The van der Waals surface area contributed by atoms with Crippen molar-refractivity contribution in [1.29, 1.82) is 0 Å². The molecular formula is C22H27NO5S. The molecule has 1 amide bonds. The molecule has 2 aromatic rings. The monoisotopic (exact) mass is 417 g/mol. The first-order chi connectivity index (χ1) is 13.8. The summed E-state index contributed by atoms with van der Waals surface area (Å²) < 4.78 is 15.8. The number of carbonyl (C=O) groups excluding carboxylic acids is 2. The molecule has 0 aliphatic carbocycles. The maximum atomic E-state index is 12.6. The van der Waals surface area contributed by atoms with Gasteiger partial charge in [0.05, 0.1) is 25.9 Å². The van der Waals surface area contributed by atoms with E-state index < -0.39 is 5.97 Å². The molecule has 1 heterocycles. The van der Waals surface area contributed by atoms with Gasteiger partial charge in [-0.2, -0.15) is 0 Å². The highest BCUT2D eigenvalue weighted by Gasteiger charge is 2.23. The second-order valence-corrected chi connectivity index (χ2v) is 7.81. The standard InChI is InChI=1S/C22H27NO5S/c1-7-16-14(4)29-21(20(16)22(25)28-13(2)3)23-19(24)11-9-15-8-10-17(26-5)18(12-15)27-6/h8-13H,7H2,1-6H3,(H,23,24). The molecule has 1 aromatic heterocycles. The molecule has 0 saturated carbocycles. The summed E-state index contributed by atoms with van der Waals surface area (Å²) in [6.07, 6.45) is 3.53.